The van der Waals surface area contributed by atoms with Crippen LogP contribution in [0.4, 0.5) is 4.39 Å². The lowest BCUT2D eigenvalue weighted by molar-refractivity contribution is 0.627. The van der Waals surface area contributed by atoms with Crippen molar-refractivity contribution in [2.45, 2.75) is 29.9 Å². The van der Waals surface area contributed by atoms with Gasteiger partial charge in [0.05, 0.1) is 0 Å². The molecule has 8 heteroatoms. The Bertz CT molecular complexity index is 750. The van der Waals surface area contributed by atoms with E-state index in [9.17, 15) is 4.39 Å². The van der Waals surface area contributed by atoms with Gasteiger partial charge in [-0.1, -0.05) is 0 Å². The van der Waals surface area contributed by atoms with Gasteiger partial charge in [-0.3, -0.25) is 0 Å². The molecule has 108 valence electrons. The molecule has 0 atom stereocenters. The number of nitrogens with zero attached hydrogens (tertiary/aromatic N) is 5. The topological polar surface area (TPSA) is 56.5 Å². The van der Waals surface area contributed by atoms with Crippen LogP contribution in [0.5, 0.6) is 0 Å². The molecule has 0 bridgehead atoms. The molecule has 0 spiro atoms. The summed E-state index contributed by atoms with van der Waals surface area (Å²) in [5, 5.41) is 9.18. The first-order valence-corrected chi connectivity index (χ1v) is 7.93. The van der Waals surface area contributed by atoms with Crippen molar-refractivity contribution >= 4 is 23.3 Å². The summed E-state index contributed by atoms with van der Waals surface area (Å²) in [6.07, 6.45) is 0. The molecule has 0 aliphatic heterocycles. The molecule has 2 aromatic heterocycles. The molecule has 0 N–H and O–H groups in total. The fourth-order valence-electron chi connectivity index (χ4n) is 1.86. The van der Waals surface area contributed by atoms with E-state index in [1.165, 1.54) is 35.4 Å². The molecule has 3 rings (SSSR count). The Balaban J connectivity index is 1.94. The molecule has 0 radical (unpaired) electrons. The van der Waals surface area contributed by atoms with E-state index in [2.05, 4.69) is 19.6 Å². The molecule has 5 nitrogen and oxygen atoms in total. The monoisotopic (exact) mass is 321 g/mol. The zero-order valence-corrected chi connectivity index (χ0v) is 13.1. The van der Waals surface area contributed by atoms with Crippen LogP contribution in [0.2, 0.25) is 0 Å². The number of hydrogen-bond acceptors (Lipinski definition) is 6. The zero-order valence-electron chi connectivity index (χ0n) is 11.4. The molecule has 0 fully saturated rings. The summed E-state index contributed by atoms with van der Waals surface area (Å²) in [5.41, 5.74) is 0.839. The number of benzene rings is 1. The van der Waals surface area contributed by atoms with Crippen molar-refractivity contribution in [2.24, 2.45) is 0 Å². The normalized spacial score (nSPS) is 11.0. The lowest BCUT2D eigenvalue weighted by Gasteiger charge is -2.06. The number of aryl methyl sites for hydroxylation is 1. The van der Waals surface area contributed by atoms with Crippen LogP contribution >= 0.6 is 23.3 Å². The third-order valence-electron chi connectivity index (χ3n) is 2.82. The Morgan fingerprint density at radius 1 is 1.24 bits per heavy atom. The van der Waals surface area contributed by atoms with Gasteiger partial charge in [-0.2, -0.15) is 4.37 Å². The van der Waals surface area contributed by atoms with Crippen LogP contribution in [0.1, 0.15) is 12.7 Å². The summed E-state index contributed by atoms with van der Waals surface area (Å²) in [6.45, 7) is 4.60. The van der Waals surface area contributed by atoms with E-state index < -0.39 is 0 Å². The van der Waals surface area contributed by atoms with Gasteiger partial charge >= 0.3 is 0 Å². The summed E-state index contributed by atoms with van der Waals surface area (Å²) in [7, 11) is 0. The van der Waals surface area contributed by atoms with Crippen molar-refractivity contribution in [2.75, 3.05) is 0 Å². The molecule has 3 aromatic rings. The molecule has 0 amide bonds. The van der Waals surface area contributed by atoms with Gasteiger partial charge in [0.1, 0.15) is 11.6 Å². The largest absolute Gasteiger partial charge is 0.302 e. The predicted molar refractivity (Wildman–Crippen MR) is 79.9 cm³/mol. The average Bonchev–Trinajstić information content (AvgIpc) is 3.06. The maximum atomic E-state index is 13.0. The molecule has 0 aliphatic carbocycles. The number of aromatic nitrogens is 5. The minimum atomic E-state index is -0.264. The van der Waals surface area contributed by atoms with Crippen molar-refractivity contribution in [3.05, 3.63) is 35.9 Å². The van der Waals surface area contributed by atoms with Crippen LogP contribution in [0.25, 0.3) is 11.4 Å². The molecular weight excluding hydrogens is 309 g/mol. The first-order valence-electron chi connectivity index (χ1n) is 6.34. The smallest absolute Gasteiger partial charge is 0.198 e. The molecule has 0 aliphatic rings. The van der Waals surface area contributed by atoms with Gasteiger partial charge in [-0.25, -0.2) is 9.37 Å². The van der Waals surface area contributed by atoms with Crippen LogP contribution in [-0.2, 0) is 6.54 Å². The lowest BCUT2D eigenvalue weighted by Crippen LogP contribution is -1.99. The van der Waals surface area contributed by atoms with Gasteiger partial charge in [0.25, 0.3) is 0 Å². The van der Waals surface area contributed by atoms with Crippen molar-refractivity contribution < 1.29 is 4.39 Å². The zero-order chi connectivity index (χ0) is 14.8. The molecule has 2 heterocycles. The molecule has 0 unspecified atom stereocenters. The molecule has 21 heavy (non-hydrogen) atoms. The Hall–Kier alpha value is -1.80. The second-order valence-electron chi connectivity index (χ2n) is 4.27. The fraction of sp³-hybridized carbons (Fsp3) is 0.231. The third-order valence-corrected chi connectivity index (χ3v) is 4.65. The maximum Gasteiger partial charge on any atom is 0.198 e. The van der Waals surface area contributed by atoms with E-state index in [-0.39, 0.29) is 5.82 Å². The molecule has 0 saturated carbocycles. The van der Waals surface area contributed by atoms with E-state index in [1.54, 1.807) is 12.1 Å². The van der Waals surface area contributed by atoms with Gasteiger partial charge in [-0.15, -0.1) is 10.2 Å². The van der Waals surface area contributed by atoms with Gasteiger partial charge in [0, 0.05) is 12.1 Å². The molecule has 1 aromatic carbocycles. The van der Waals surface area contributed by atoms with E-state index >= 15 is 0 Å². The Morgan fingerprint density at radius 3 is 2.62 bits per heavy atom. The quantitative estimate of drug-likeness (QED) is 0.737. The first-order chi connectivity index (χ1) is 10.2. The van der Waals surface area contributed by atoms with E-state index in [1.807, 2.05) is 18.4 Å². The van der Waals surface area contributed by atoms with Crippen LogP contribution in [0.3, 0.4) is 0 Å². The molecular formula is C13H12FN5S2. The summed E-state index contributed by atoms with van der Waals surface area (Å²) in [6, 6.07) is 6.25. The second-order valence-corrected chi connectivity index (χ2v) is 6.23. The van der Waals surface area contributed by atoms with Crippen LogP contribution < -0.4 is 0 Å². The maximum absolute atomic E-state index is 13.0. The van der Waals surface area contributed by atoms with Crippen LogP contribution in [0, 0.1) is 12.7 Å². The fourth-order valence-corrected chi connectivity index (χ4v) is 3.51. The lowest BCUT2D eigenvalue weighted by atomic mass is 10.2. The second kappa shape index (κ2) is 5.90. The highest BCUT2D eigenvalue weighted by Gasteiger charge is 2.15. The highest BCUT2D eigenvalue weighted by atomic mass is 32.2. The Kier molecular flexibility index (Phi) is 3.98. The minimum Gasteiger partial charge on any atom is -0.302 e. The third kappa shape index (κ3) is 2.96. The number of hydrogen-bond donors (Lipinski definition) is 0. The standard InChI is InChI=1S/C13H12FN5S2/c1-3-19-11(9-4-6-10(14)7-5-9)16-17-12(19)20-13-15-8(2)18-21-13/h4-7H,3H2,1-2H3. The number of halogens is 1. The summed E-state index contributed by atoms with van der Waals surface area (Å²) in [4.78, 5) is 4.31. The summed E-state index contributed by atoms with van der Waals surface area (Å²) >= 11 is 2.78. The predicted octanol–water partition coefficient (Wildman–Crippen LogP) is 3.42. The van der Waals surface area contributed by atoms with Crippen LogP contribution in [-0.4, -0.2) is 24.1 Å². The Labute approximate surface area is 129 Å². The first kappa shape index (κ1) is 14.2. The van der Waals surface area contributed by atoms with Crippen molar-refractivity contribution in [3.63, 3.8) is 0 Å². The molecule has 0 saturated heterocycles. The summed E-state index contributed by atoms with van der Waals surface area (Å²) in [5.74, 6) is 1.21. The summed E-state index contributed by atoms with van der Waals surface area (Å²) < 4.78 is 20.0. The van der Waals surface area contributed by atoms with E-state index in [0.717, 1.165) is 33.3 Å². The van der Waals surface area contributed by atoms with Crippen molar-refractivity contribution in [3.8, 4) is 11.4 Å². The Morgan fingerprint density at radius 2 is 2.00 bits per heavy atom. The van der Waals surface area contributed by atoms with E-state index in [4.69, 9.17) is 0 Å². The SMILES string of the molecule is CCn1c(Sc2nc(C)ns2)nnc1-c1ccc(F)cc1. The van der Waals surface area contributed by atoms with Gasteiger partial charge in [0.15, 0.2) is 15.3 Å². The number of rotatable bonds is 4. The highest BCUT2D eigenvalue weighted by Crippen LogP contribution is 2.30. The van der Waals surface area contributed by atoms with Crippen molar-refractivity contribution in [1.82, 2.24) is 24.1 Å². The van der Waals surface area contributed by atoms with Crippen molar-refractivity contribution in [1.29, 1.82) is 0 Å². The van der Waals surface area contributed by atoms with Gasteiger partial charge in [-0.05, 0) is 61.4 Å². The van der Waals surface area contributed by atoms with Gasteiger partial charge < -0.3 is 4.57 Å². The average molecular weight is 321 g/mol. The highest BCUT2D eigenvalue weighted by molar-refractivity contribution is 8.00. The van der Waals surface area contributed by atoms with Gasteiger partial charge in [0.2, 0.25) is 0 Å². The minimum absolute atomic E-state index is 0.264. The van der Waals surface area contributed by atoms with Crippen LogP contribution in [0.15, 0.2) is 33.8 Å². The van der Waals surface area contributed by atoms with E-state index in [0.29, 0.717) is 0 Å².